The van der Waals surface area contributed by atoms with Gasteiger partial charge in [0.1, 0.15) is 0 Å². The van der Waals surface area contributed by atoms with Gasteiger partial charge in [0.2, 0.25) is 0 Å². The normalized spacial score (nSPS) is 15.9. The molecule has 0 saturated heterocycles. The van der Waals surface area contributed by atoms with Gasteiger partial charge in [-0.25, -0.2) is 5.43 Å². The molecular weight excluding hydrogens is 142 g/mol. The molecule has 4 heteroatoms. The fourth-order valence-electron chi connectivity index (χ4n) is 0.868. The minimum atomic E-state index is -0.0932. The molecule has 0 atom stereocenters. The maximum atomic E-state index is 11.1. The van der Waals surface area contributed by atoms with Crippen molar-refractivity contribution in [3.63, 3.8) is 0 Å². The van der Waals surface area contributed by atoms with E-state index in [1.54, 1.807) is 19.5 Å². The van der Waals surface area contributed by atoms with Crippen molar-refractivity contribution in [1.29, 1.82) is 0 Å². The van der Waals surface area contributed by atoms with E-state index in [-0.39, 0.29) is 5.91 Å². The van der Waals surface area contributed by atoms with Crippen molar-refractivity contribution < 1.29 is 4.79 Å². The maximum Gasteiger partial charge on any atom is 0.262 e. The Morgan fingerprint density at radius 2 is 2.55 bits per heavy atom. The molecule has 1 heterocycles. The molecule has 0 aromatic carbocycles. The molecule has 0 bridgehead atoms. The van der Waals surface area contributed by atoms with Gasteiger partial charge in [-0.15, -0.1) is 0 Å². The number of nitrogens with one attached hydrogen (secondary N) is 2. The predicted molar refractivity (Wildman–Crippen MR) is 43.0 cm³/mol. The van der Waals surface area contributed by atoms with Crippen LogP contribution in [0.15, 0.2) is 16.8 Å². The largest absolute Gasteiger partial charge is 0.288 e. The topological polar surface area (TPSA) is 53.5 Å². The number of amides is 1. The van der Waals surface area contributed by atoms with Crippen molar-refractivity contribution in [1.82, 2.24) is 10.9 Å². The van der Waals surface area contributed by atoms with Crippen LogP contribution in [0, 0.1) is 0 Å². The molecule has 0 spiro atoms. The summed E-state index contributed by atoms with van der Waals surface area (Å²) in [6.07, 6.45) is 5.02. The molecule has 2 N–H and O–H groups in total. The summed E-state index contributed by atoms with van der Waals surface area (Å²) in [4.78, 5) is 15.0. The van der Waals surface area contributed by atoms with Crippen LogP contribution in [0.4, 0.5) is 0 Å². The van der Waals surface area contributed by atoms with E-state index >= 15 is 0 Å². The molecule has 0 unspecified atom stereocenters. The van der Waals surface area contributed by atoms with Crippen LogP contribution in [0.5, 0.6) is 0 Å². The Bertz CT molecular complexity index is 208. The highest BCUT2D eigenvalue weighted by Gasteiger charge is 2.08. The molecule has 11 heavy (non-hydrogen) atoms. The minimum absolute atomic E-state index is 0.0932. The Morgan fingerprint density at radius 1 is 1.73 bits per heavy atom. The zero-order chi connectivity index (χ0) is 8.10. The third kappa shape index (κ3) is 2.16. The molecule has 60 valence electrons. The van der Waals surface area contributed by atoms with Gasteiger partial charge in [-0.3, -0.25) is 15.2 Å². The quantitative estimate of drug-likeness (QED) is 0.548. The summed E-state index contributed by atoms with van der Waals surface area (Å²) >= 11 is 0. The van der Waals surface area contributed by atoms with Crippen LogP contribution in [-0.4, -0.2) is 19.2 Å². The van der Waals surface area contributed by atoms with Crippen LogP contribution in [0.3, 0.4) is 0 Å². The Morgan fingerprint density at radius 3 is 3.09 bits per heavy atom. The van der Waals surface area contributed by atoms with Crippen molar-refractivity contribution in [2.75, 3.05) is 7.05 Å². The lowest BCUT2D eigenvalue weighted by atomic mass is 10.1. The molecule has 0 aromatic heterocycles. The molecule has 1 rings (SSSR count). The predicted octanol–water partition coefficient (Wildman–Crippen LogP) is -0.0145. The molecule has 0 aromatic rings. The highest BCUT2D eigenvalue weighted by atomic mass is 16.2. The van der Waals surface area contributed by atoms with Gasteiger partial charge in [-0.2, -0.15) is 0 Å². The SMILES string of the molecule is CNNC(=O)C1=CN=CCC1. The van der Waals surface area contributed by atoms with Crippen LogP contribution < -0.4 is 10.9 Å². The lowest BCUT2D eigenvalue weighted by Gasteiger charge is -2.07. The van der Waals surface area contributed by atoms with Crippen LogP contribution in [0.1, 0.15) is 12.8 Å². The van der Waals surface area contributed by atoms with E-state index in [0.29, 0.717) is 0 Å². The Balaban J connectivity index is 2.52. The van der Waals surface area contributed by atoms with E-state index in [4.69, 9.17) is 0 Å². The van der Waals surface area contributed by atoms with Gasteiger partial charge in [-0.05, 0) is 12.8 Å². The van der Waals surface area contributed by atoms with Crippen molar-refractivity contribution in [2.45, 2.75) is 12.8 Å². The molecule has 0 fully saturated rings. The molecule has 4 nitrogen and oxygen atoms in total. The molecule has 1 amide bonds. The minimum Gasteiger partial charge on any atom is -0.288 e. The summed E-state index contributed by atoms with van der Waals surface area (Å²) in [6.45, 7) is 0. The number of hydrazine groups is 1. The first-order chi connectivity index (χ1) is 5.34. The van der Waals surface area contributed by atoms with Gasteiger partial charge in [0, 0.05) is 25.0 Å². The third-order valence-electron chi connectivity index (χ3n) is 1.41. The lowest BCUT2D eigenvalue weighted by Crippen LogP contribution is -2.35. The van der Waals surface area contributed by atoms with Gasteiger partial charge in [0.25, 0.3) is 5.91 Å². The second-order valence-corrected chi connectivity index (χ2v) is 2.23. The zero-order valence-electron chi connectivity index (χ0n) is 6.42. The highest BCUT2D eigenvalue weighted by Crippen LogP contribution is 2.07. The maximum absolute atomic E-state index is 11.1. The number of hydrogen-bond acceptors (Lipinski definition) is 3. The summed E-state index contributed by atoms with van der Waals surface area (Å²) in [6, 6.07) is 0. The van der Waals surface area contributed by atoms with Crippen molar-refractivity contribution in [3.8, 4) is 0 Å². The van der Waals surface area contributed by atoms with Crippen molar-refractivity contribution in [3.05, 3.63) is 11.8 Å². The number of carbonyl (C=O) groups is 1. The molecule has 0 radical (unpaired) electrons. The van der Waals surface area contributed by atoms with Gasteiger partial charge < -0.3 is 0 Å². The van der Waals surface area contributed by atoms with Crippen LogP contribution in [0.25, 0.3) is 0 Å². The van der Waals surface area contributed by atoms with Crippen LogP contribution in [-0.2, 0) is 4.79 Å². The van der Waals surface area contributed by atoms with Crippen LogP contribution >= 0.6 is 0 Å². The van der Waals surface area contributed by atoms with Crippen molar-refractivity contribution >= 4 is 12.1 Å². The van der Waals surface area contributed by atoms with Gasteiger partial charge in [0.15, 0.2) is 0 Å². The molecule has 0 saturated carbocycles. The van der Waals surface area contributed by atoms with E-state index in [2.05, 4.69) is 15.8 Å². The number of aliphatic imine (C=N–C) groups is 1. The standard InChI is InChI=1S/C7H11N3O/c1-8-10-7(11)6-3-2-4-9-5-6/h4-5,8H,2-3H2,1H3,(H,10,11). The summed E-state index contributed by atoms with van der Waals surface area (Å²) < 4.78 is 0. The number of nitrogens with zero attached hydrogens (tertiary/aromatic N) is 1. The summed E-state index contributed by atoms with van der Waals surface area (Å²) in [5.41, 5.74) is 5.78. The summed E-state index contributed by atoms with van der Waals surface area (Å²) in [5.74, 6) is -0.0932. The molecular formula is C7H11N3O. The number of carbonyl (C=O) groups excluding carboxylic acids is 1. The Labute approximate surface area is 65.4 Å². The first kappa shape index (κ1) is 7.94. The smallest absolute Gasteiger partial charge is 0.262 e. The van der Waals surface area contributed by atoms with Crippen LogP contribution in [0.2, 0.25) is 0 Å². The monoisotopic (exact) mass is 153 g/mol. The van der Waals surface area contributed by atoms with E-state index in [1.165, 1.54) is 0 Å². The van der Waals surface area contributed by atoms with Gasteiger partial charge in [-0.1, -0.05) is 0 Å². The van der Waals surface area contributed by atoms with Gasteiger partial charge >= 0.3 is 0 Å². The fraction of sp³-hybridized carbons (Fsp3) is 0.429. The third-order valence-corrected chi connectivity index (χ3v) is 1.41. The zero-order valence-corrected chi connectivity index (χ0v) is 6.42. The fourth-order valence-corrected chi connectivity index (χ4v) is 0.868. The summed E-state index contributed by atoms with van der Waals surface area (Å²) in [7, 11) is 1.66. The van der Waals surface area contributed by atoms with E-state index in [9.17, 15) is 4.79 Å². The average molecular weight is 153 g/mol. The molecule has 0 aliphatic carbocycles. The highest BCUT2D eigenvalue weighted by molar-refractivity contribution is 5.94. The second kappa shape index (κ2) is 3.88. The lowest BCUT2D eigenvalue weighted by molar-refractivity contribution is -0.118. The number of rotatable bonds is 2. The second-order valence-electron chi connectivity index (χ2n) is 2.23. The van der Waals surface area contributed by atoms with Gasteiger partial charge in [0.05, 0.1) is 0 Å². The number of hydrogen-bond donors (Lipinski definition) is 2. The first-order valence-electron chi connectivity index (χ1n) is 3.52. The Kier molecular flexibility index (Phi) is 2.80. The average Bonchev–Trinajstić information content (AvgIpc) is 2.07. The van der Waals surface area contributed by atoms with E-state index in [0.717, 1.165) is 18.4 Å². The van der Waals surface area contributed by atoms with E-state index in [1.807, 2.05) is 0 Å². The molecule has 1 aliphatic rings. The first-order valence-corrected chi connectivity index (χ1v) is 3.52. The van der Waals surface area contributed by atoms with Crippen molar-refractivity contribution in [2.24, 2.45) is 4.99 Å². The molecule has 1 aliphatic heterocycles. The summed E-state index contributed by atoms with van der Waals surface area (Å²) in [5, 5.41) is 0. The Hall–Kier alpha value is -1.16. The van der Waals surface area contributed by atoms with E-state index < -0.39 is 0 Å².